The van der Waals surface area contributed by atoms with Gasteiger partial charge in [-0.05, 0) is 43.9 Å². The average molecular weight is 383 g/mol. The van der Waals surface area contributed by atoms with E-state index in [-0.39, 0.29) is 23.9 Å². The Morgan fingerprint density at radius 1 is 1.31 bits per heavy atom. The largest absolute Gasteiger partial charge is 0.383 e. The minimum Gasteiger partial charge on any atom is -0.383 e. The van der Waals surface area contributed by atoms with Crippen molar-refractivity contribution in [2.75, 3.05) is 6.26 Å². The lowest BCUT2D eigenvalue weighted by Gasteiger charge is -2.32. The van der Waals surface area contributed by atoms with E-state index in [0.717, 1.165) is 31.1 Å². The minimum atomic E-state index is -3.57. The highest BCUT2D eigenvalue weighted by Gasteiger charge is 2.23. The molecular formula is C19H30N2O4S. The Hall–Kier alpha value is -1.76. The fraction of sp³-hybridized carbons (Fsp3) is 0.632. The summed E-state index contributed by atoms with van der Waals surface area (Å²) in [5, 5.41) is 3.17. The molecule has 1 N–H and O–H groups in total. The number of nitrogens with one attached hydrogen (secondary N) is 1. The minimum absolute atomic E-state index is 0.0549. The van der Waals surface area contributed by atoms with Gasteiger partial charge in [-0.1, -0.05) is 38.3 Å². The van der Waals surface area contributed by atoms with Crippen LogP contribution < -0.4 is 9.50 Å². The van der Waals surface area contributed by atoms with Crippen molar-refractivity contribution in [3.05, 3.63) is 29.8 Å². The van der Waals surface area contributed by atoms with Crippen LogP contribution in [0.25, 0.3) is 0 Å². The summed E-state index contributed by atoms with van der Waals surface area (Å²) in [6.07, 6.45) is 7.52. The normalized spacial score (nSPS) is 16.7. The van der Waals surface area contributed by atoms with Crippen molar-refractivity contribution in [1.82, 2.24) is 10.2 Å². The maximum absolute atomic E-state index is 12.8. The molecule has 0 bridgehead atoms. The molecule has 1 aliphatic rings. The first-order valence-electron chi connectivity index (χ1n) is 9.34. The van der Waals surface area contributed by atoms with Crippen LogP contribution in [0.4, 0.5) is 4.79 Å². The van der Waals surface area contributed by atoms with E-state index >= 15 is 0 Å². The van der Waals surface area contributed by atoms with Gasteiger partial charge >= 0.3 is 16.1 Å². The van der Waals surface area contributed by atoms with Crippen molar-refractivity contribution < 1.29 is 17.4 Å². The first-order valence-corrected chi connectivity index (χ1v) is 11.2. The molecule has 2 amide bonds. The van der Waals surface area contributed by atoms with E-state index in [1.165, 1.54) is 19.3 Å². The molecule has 1 fully saturated rings. The molecule has 2 rings (SSSR count). The van der Waals surface area contributed by atoms with Gasteiger partial charge in [0.15, 0.2) is 0 Å². The van der Waals surface area contributed by atoms with Crippen LogP contribution in [0.5, 0.6) is 5.75 Å². The predicted octanol–water partition coefficient (Wildman–Crippen LogP) is 3.67. The highest BCUT2D eigenvalue weighted by molar-refractivity contribution is 7.86. The Labute approximate surface area is 157 Å². The van der Waals surface area contributed by atoms with E-state index in [2.05, 4.69) is 12.2 Å². The van der Waals surface area contributed by atoms with E-state index in [1.54, 1.807) is 18.2 Å². The van der Waals surface area contributed by atoms with Crippen LogP contribution in [0.3, 0.4) is 0 Å². The number of carbonyl (C=O) groups is 1. The van der Waals surface area contributed by atoms with Crippen LogP contribution >= 0.6 is 0 Å². The molecule has 1 aromatic carbocycles. The Bertz CT molecular complexity index is 699. The van der Waals surface area contributed by atoms with Gasteiger partial charge in [0.2, 0.25) is 0 Å². The molecule has 146 valence electrons. The highest BCUT2D eigenvalue weighted by atomic mass is 32.2. The fourth-order valence-electron chi connectivity index (χ4n) is 3.22. The zero-order valence-electron chi connectivity index (χ0n) is 15.9. The van der Waals surface area contributed by atoms with E-state index < -0.39 is 10.1 Å². The molecule has 1 saturated carbocycles. The molecule has 0 heterocycles. The number of benzene rings is 1. The Kier molecular flexibility index (Phi) is 7.32. The lowest BCUT2D eigenvalue weighted by molar-refractivity contribution is 0.166. The summed E-state index contributed by atoms with van der Waals surface area (Å²) in [4.78, 5) is 14.6. The van der Waals surface area contributed by atoms with Crippen LogP contribution in [-0.2, 0) is 16.7 Å². The van der Waals surface area contributed by atoms with Crippen molar-refractivity contribution in [3.63, 3.8) is 0 Å². The molecule has 0 spiro atoms. The molecule has 6 nitrogen and oxygen atoms in total. The number of hydrogen-bond donors (Lipinski definition) is 1. The molecule has 0 radical (unpaired) electrons. The summed E-state index contributed by atoms with van der Waals surface area (Å²) in [5.74, 6) is 0.266. The number of amides is 2. The average Bonchev–Trinajstić information content (AvgIpc) is 2.58. The van der Waals surface area contributed by atoms with Crippen LogP contribution in [0, 0.1) is 0 Å². The van der Waals surface area contributed by atoms with Crippen LogP contribution in [-0.4, -0.2) is 37.7 Å². The molecule has 1 aliphatic carbocycles. The summed E-state index contributed by atoms with van der Waals surface area (Å²) < 4.78 is 27.6. The van der Waals surface area contributed by atoms with Crippen molar-refractivity contribution in [1.29, 1.82) is 0 Å². The van der Waals surface area contributed by atoms with E-state index in [9.17, 15) is 13.2 Å². The van der Waals surface area contributed by atoms with Crippen molar-refractivity contribution in [3.8, 4) is 5.75 Å². The van der Waals surface area contributed by atoms with Crippen LogP contribution in [0.15, 0.2) is 24.3 Å². The molecule has 1 aromatic rings. The summed E-state index contributed by atoms with van der Waals surface area (Å²) in [7, 11) is -3.57. The maximum Gasteiger partial charge on any atom is 0.318 e. The molecule has 26 heavy (non-hydrogen) atoms. The third kappa shape index (κ3) is 6.52. The SMILES string of the molecule is CCC(C)N(Cc1cccc(OS(C)(=O)=O)c1)C(=O)NC1CCCCC1. The van der Waals surface area contributed by atoms with Gasteiger partial charge in [-0.3, -0.25) is 0 Å². The standard InChI is InChI=1S/C19H30N2O4S/c1-4-15(2)21(19(22)20-17-10-6-5-7-11-17)14-16-9-8-12-18(13-16)25-26(3,23)24/h8-9,12-13,15,17H,4-7,10-11,14H2,1-3H3,(H,20,22). The Balaban J connectivity index is 2.09. The van der Waals surface area contributed by atoms with Crippen LogP contribution in [0.1, 0.15) is 57.9 Å². The van der Waals surface area contributed by atoms with E-state index in [1.807, 2.05) is 17.9 Å². The molecule has 0 aromatic heterocycles. The zero-order valence-corrected chi connectivity index (χ0v) is 16.7. The Morgan fingerprint density at radius 3 is 2.62 bits per heavy atom. The number of urea groups is 1. The Morgan fingerprint density at radius 2 is 2.00 bits per heavy atom. The lowest BCUT2D eigenvalue weighted by Crippen LogP contribution is -2.48. The first-order chi connectivity index (χ1) is 12.3. The third-order valence-electron chi connectivity index (χ3n) is 4.82. The molecule has 0 aliphatic heterocycles. The first kappa shape index (κ1) is 20.6. The summed E-state index contributed by atoms with van der Waals surface area (Å²) in [6.45, 7) is 4.49. The van der Waals surface area contributed by atoms with Gasteiger partial charge in [-0.15, -0.1) is 0 Å². The van der Waals surface area contributed by atoms with Gasteiger partial charge in [0.25, 0.3) is 0 Å². The monoisotopic (exact) mass is 382 g/mol. The summed E-state index contributed by atoms with van der Waals surface area (Å²) in [6, 6.07) is 7.16. The smallest absolute Gasteiger partial charge is 0.318 e. The van der Waals surface area contributed by atoms with E-state index in [4.69, 9.17) is 4.18 Å². The topological polar surface area (TPSA) is 75.7 Å². The number of rotatable bonds is 7. The van der Waals surface area contributed by atoms with Crippen molar-refractivity contribution in [2.45, 2.75) is 71.0 Å². The second-order valence-electron chi connectivity index (χ2n) is 7.10. The third-order valence-corrected chi connectivity index (χ3v) is 5.31. The zero-order chi connectivity index (χ0) is 19.2. The number of nitrogens with zero attached hydrogens (tertiary/aromatic N) is 1. The van der Waals surface area contributed by atoms with Gasteiger partial charge < -0.3 is 14.4 Å². The molecule has 7 heteroatoms. The molecule has 0 saturated heterocycles. The van der Waals surface area contributed by atoms with Gasteiger partial charge in [-0.2, -0.15) is 8.42 Å². The highest BCUT2D eigenvalue weighted by Crippen LogP contribution is 2.20. The van der Waals surface area contributed by atoms with E-state index in [0.29, 0.717) is 6.54 Å². The van der Waals surface area contributed by atoms with Gasteiger partial charge in [0.05, 0.1) is 6.26 Å². The second-order valence-corrected chi connectivity index (χ2v) is 8.68. The summed E-state index contributed by atoms with van der Waals surface area (Å²) >= 11 is 0. The quantitative estimate of drug-likeness (QED) is 0.730. The number of hydrogen-bond acceptors (Lipinski definition) is 4. The molecular weight excluding hydrogens is 352 g/mol. The molecule has 1 unspecified atom stereocenters. The predicted molar refractivity (Wildman–Crippen MR) is 103 cm³/mol. The number of carbonyl (C=O) groups excluding carboxylic acids is 1. The molecule has 1 atom stereocenters. The second kappa shape index (κ2) is 9.26. The summed E-state index contributed by atoms with van der Waals surface area (Å²) in [5.41, 5.74) is 0.838. The van der Waals surface area contributed by atoms with Crippen molar-refractivity contribution in [2.24, 2.45) is 0 Å². The lowest BCUT2D eigenvalue weighted by atomic mass is 9.96. The fourth-order valence-corrected chi connectivity index (χ4v) is 3.67. The van der Waals surface area contributed by atoms with Crippen LogP contribution in [0.2, 0.25) is 0 Å². The van der Waals surface area contributed by atoms with Crippen molar-refractivity contribution >= 4 is 16.1 Å². The van der Waals surface area contributed by atoms with Gasteiger partial charge in [-0.25, -0.2) is 4.79 Å². The van der Waals surface area contributed by atoms with Gasteiger partial charge in [0.1, 0.15) is 5.75 Å². The van der Waals surface area contributed by atoms with Gasteiger partial charge in [0, 0.05) is 18.6 Å². The maximum atomic E-state index is 12.8.